The smallest absolute Gasteiger partial charge is 0.0266 e. The first kappa shape index (κ1) is 35.7. The van der Waals surface area contributed by atoms with Crippen LogP contribution in [0, 0.1) is 19.1 Å². The number of hydrogen-bond donors (Lipinski definition) is 0. The van der Waals surface area contributed by atoms with Crippen LogP contribution in [0.15, 0.2) is 176 Å². The largest absolute Gasteiger partial charge is 0.305 e. The molecular formula is C50H38IrN2-2. The van der Waals surface area contributed by atoms with Crippen LogP contribution in [0.4, 0.5) is 0 Å². The van der Waals surface area contributed by atoms with Gasteiger partial charge in [0.25, 0.3) is 0 Å². The molecule has 9 rings (SSSR count). The van der Waals surface area contributed by atoms with Crippen molar-refractivity contribution in [2.75, 3.05) is 0 Å². The molecule has 8 aromatic rings. The predicted octanol–water partition coefficient (Wildman–Crippen LogP) is 12.7. The summed E-state index contributed by atoms with van der Waals surface area (Å²) in [4.78, 5) is 8.92. The first-order chi connectivity index (χ1) is 25.5. The van der Waals surface area contributed by atoms with Crippen LogP contribution in [0.3, 0.4) is 0 Å². The fourth-order valence-electron chi connectivity index (χ4n) is 7.39. The Hall–Kier alpha value is -5.73. The van der Waals surface area contributed by atoms with Crippen LogP contribution >= 0.6 is 0 Å². The third-order valence-corrected chi connectivity index (χ3v) is 9.90. The van der Waals surface area contributed by atoms with Crippen molar-refractivity contribution in [2.45, 2.75) is 26.2 Å². The molecule has 1 aliphatic rings. The number of pyridine rings is 2. The average molecular weight is 859 g/mol. The van der Waals surface area contributed by atoms with Gasteiger partial charge in [0.15, 0.2) is 0 Å². The molecule has 0 bridgehead atoms. The van der Waals surface area contributed by atoms with Crippen molar-refractivity contribution in [3.05, 3.63) is 205 Å². The van der Waals surface area contributed by atoms with Crippen molar-refractivity contribution in [1.82, 2.24) is 9.97 Å². The van der Waals surface area contributed by atoms with Crippen LogP contribution in [-0.2, 0) is 25.5 Å². The first-order valence-corrected chi connectivity index (χ1v) is 17.7. The second kappa shape index (κ2) is 15.5. The van der Waals surface area contributed by atoms with Gasteiger partial charge in [-0.3, -0.25) is 0 Å². The van der Waals surface area contributed by atoms with Gasteiger partial charge >= 0.3 is 0 Å². The Kier molecular flexibility index (Phi) is 10.4. The quantitative estimate of drug-likeness (QED) is 0.161. The van der Waals surface area contributed by atoms with Gasteiger partial charge < -0.3 is 9.97 Å². The summed E-state index contributed by atoms with van der Waals surface area (Å²) in [5.74, 6) is 0. The molecule has 1 aliphatic carbocycles. The van der Waals surface area contributed by atoms with Crippen molar-refractivity contribution in [2.24, 2.45) is 0 Å². The van der Waals surface area contributed by atoms with Crippen LogP contribution in [0.25, 0.3) is 67.0 Å². The molecule has 0 aliphatic heterocycles. The van der Waals surface area contributed by atoms with Crippen molar-refractivity contribution in [3.8, 4) is 67.0 Å². The Morgan fingerprint density at radius 3 is 1.81 bits per heavy atom. The molecule has 0 spiro atoms. The van der Waals surface area contributed by atoms with E-state index in [-0.39, 0.29) is 25.5 Å². The van der Waals surface area contributed by atoms with E-state index in [9.17, 15) is 0 Å². The molecule has 0 N–H and O–H groups in total. The molecule has 3 heteroatoms. The van der Waals surface area contributed by atoms with E-state index >= 15 is 0 Å². The van der Waals surface area contributed by atoms with E-state index in [1.165, 1.54) is 50.1 Å². The number of benzene rings is 6. The number of aromatic nitrogens is 2. The number of nitrogens with zero attached hydrogens (tertiary/aromatic N) is 2. The molecule has 0 unspecified atom stereocenters. The number of aryl methyl sites for hydroxylation is 1. The van der Waals surface area contributed by atoms with Gasteiger partial charge in [-0.2, -0.15) is 0 Å². The molecule has 0 fully saturated rings. The minimum atomic E-state index is -0.0475. The van der Waals surface area contributed by atoms with Gasteiger partial charge in [0.2, 0.25) is 0 Å². The Bertz CT molecular complexity index is 2500. The standard InChI is InChI=1S/C38H28N.C12H10N.Ir/c1-38(2)35-20-4-3-17-33(35)34-19-10-18-32(37(34)38)30-15-8-13-28(24-30)26-11-7-12-27(23-26)29-14-9-16-31(25-29)36-21-5-6-22-39-36;1-10-6-5-9-12(13-10)11-7-3-2-4-8-11;/h3-15,17-25H,1-2H3;2-7,9H,1H3;/q2*-1;. The molecule has 2 heterocycles. The van der Waals surface area contributed by atoms with E-state index in [1.54, 1.807) is 0 Å². The van der Waals surface area contributed by atoms with Gasteiger partial charge in [-0.05, 0) is 92.6 Å². The summed E-state index contributed by atoms with van der Waals surface area (Å²) in [6.07, 6.45) is 1.82. The minimum absolute atomic E-state index is 0. The summed E-state index contributed by atoms with van der Waals surface area (Å²) in [6, 6.07) is 66.0. The molecule has 0 atom stereocenters. The van der Waals surface area contributed by atoms with E-state index in [2.05, 4.69) is 139 Å². The van der Waals surface area contributed by atoms with Crippen molar-refractivity contribution >= 4 is 0 Å². The van der Waals surface area contributed by atoms with Crippen molar-refractivity contribution in [1.29, 1.82) is 0 Å². The maximum Gasteiger partial charge on any atom is 0.0266 e. The third-order valence-electron chi connectivity index (χ3n) is 9.90. The van der Waals surface area contributed by atoms with Crippen LogP contribution in [0.1, 0.15) is 30.7 Å². The number of rotatable bonds is 5. The first-order valence-electron chi connectivity index (χ1n) is 17.7. The second-order valence-electron chi connectivity index (χ2n) is 13.7. The summed E-state index contributed by atoms with van der Waals surface area (Å²) in [7, 11) is 0. The fourth-order valence-corrected chi connectivity index (χ4v) is 7.39. The van der Waals surface area contributed by atoms with E-state index in [0.717, 1.165) is 33.8 Å². The molecule has 259 valence electrons. The second-order valence-corrected chi connectivity index (χ2v) is 13.7. The SMILES string of the molecule is CC1(C)c2ccccc2-c2cccc(-c3cccc(-c4cccc(-c5cc[c-]c(-c6ccccn6)c5)c4)c3)c21.Cc1cccc(-c2[c-]cccc2)n1.[Ir]. The van der Waals surface area contributed by atoms with Gasteiger partial charge in [0.1, 0.15) is 0 Å². The molecule has 1 radical (unpaired) electrons. The zero-order valence-electron chi connectivity index (χ0n) is 30.0. The van der Waals surface area contributed by atoms with E-state index < -0.39 is 0 Å². The van der Waals surface area contributed by atoms with Gasteiger partial charge in [0.05, 0.1) is 0 Å². The third kappa shape index (κ3) is 7.32. The summed E-state index contributed by atoms with van der Waals surface area (Å²) < 4.78 is 0. The predicted molar refractivity (Wildman–Crippen MR) is 216 cm³/mol. The topological polar surface area (TPSA) is 25.8 Å². The van der Waals surface area contributed by atoms with Crippen molar-refractivity contribution < 1.29 is 20.1 Å². The van der Waals surface area contributed by atoms with E-state index in [0.29, 0.717) is 0 Å². The molecule has 2 nitrogen and oxygen atoms in total. The summed E-state index contributed by atoms with van der Waals surface area (Å²) >= 11 is 0. The normalized spacial score (nSPS) is 12.1. The zero-order valence-corrected chi connectivity index (χ0v) is 32.4. The summed E-state index contributed by atoms with van der Waals surface area (Å²) in [5.41, 5.74) is 17.8. The molecule has 0 saturated heterocycles. The monoisotopic (exact) mass is 859 g/mol. The van der Waals surface area contributed by atoms with Gasteiger partial charge in [-0.1, -0.05) is 117 Å². The molecular weight excluding hydrogens is 821 g/mol. The fraction of sp³-hybridized carbons (Fsp3) is 0.0800. The maximum atomic E-state index is 4.50. The summed E-state index contributed by atoms with van der Waals surface area (Å²) in [6.45, 7) is 6.70. The van der Waals surface area contributed by atoms with Crippen LogP contribution in [0.5, 0.6) is 0 Å². The molecule has 53 heavy (non-hydrogen) atoms. The van der Waals surface area contributed by atoms with Crippen molar-refractivity contribution in [3.63, 3.8) is 0 Å². The molecule has 2 aromatic heterocycles. The molecule has 0 amide bonds. The minimum Gasteiger partial charge on any atom is -0.305 e. The van der Waals surface area contributed by atoms with Crippen LogP contribution in [-0.4, -0.2) is 9.97 Å². The Balaban J connectivity index is 0.000000263. The Labute approximate surface area is 326 Å². The molecule has 0 saturated carbocycles. The van der Waals surface area contributed by atoms with Crippen LogP contribution in [0.2, 0.25) is 0 Å². The van der Waals surface area contributed by atoms with Gasteiger partial charge in [0, 0.05) is 37.4 Å². The Morgan fingerprint density at radius 1 is 0.472 bits per heavy atom. The van der Waals surface area contributed by atoms with Gasteiger partial charge in [-0.15, -0.1) is 71.3 Å². The Morgan fingerprint density at radius 2 is 1.08 bits per heavy atom. The zero-order chi connectivity index (χ0) is 35.5. The average Bonchev–Trinajstić information content (AvgIpc) is 3.45. The van der Waals surface area contributed by atoms with Crippen LogP contribution < -0.4 is 0 Å². The van der Waals surface area contributed by atoms with E-state index in [4.69, 9.17) is 0 Å². The number of fused-ring (bicyclic) bond motifs is 3. The maximum absolute atomic E-state index is 4.50. The van der Waals surface area contributed by atoms with E-state index in [1.807, 2.05) is 79.9 Å². The van der Waals surface area contributed by atoms with Gasteiger partial charge in [-0.25, -0.2) is 0 Å². The number of hydrogen-bond acceptors (Lipinski definition) is 2. The molecule has 6 aromatic carbocycles. The summed E-state index contributed by atoms with van der Waals surface area (Å²) in [5, 5.41) is 0.